The number of unbranched alkanes of at least 4 members (excludes halogenated alkanes) is 1. The van der Waals surface area contributed by atoms with Gasteiger partial charge in [0.2, 0.25) is 0 Å². The van der Waals surface area contributed by atoms with E-state index < -0.39 is 6.36 Å². The maximum absolute atomic E-state index is 12.3. The Hall–Kier alpha value is -3.60. The second-order valence-electron chi connectivity index (χ2n) is 6.80. The number of halogens is 3. The Kier molecular flexibility index (Phi) is 7.66. The van der Waals surface area contributed by atoms with Crippen LogP contribution in [0.2, 0.25) is 0 Å². The van der Waals surface area contributed by atoms with E-state index in [4.69, 9.17) is 9.47 Å². The molecule has 0 unspecified atom stereocenters. The lowest BCUT2D eigenvalue weighted by Crippen LogP contribution is -2.17. The lowest BCUT2D eigenvalue weighted by atomic mass is 10.2. The van der Waals surface area contributed by atoms with E-state index in [9.17, 15) is 18.0 Å². The highest BCUT2D eigenvalue weighted by molar-refractivity contribution is 5.83. The van der Waals surface area contributed by atoms with E-state index in [0.717, 1.165) is 10.9 Å². The highest BCUT2D eigenvalue weighted by Crippen LogP contribution is 2.24. The van der Waals surface area contributed by atoms with Gasteiger partial charge in [-0.25, -0.2) is 0 Å². The Morgan fingerprint density at radius 3 is 2.72 bits per heavy atom. The summed E-state index contributed by atoms with van der Waals surface area (Å²) in [6, 6.07) is 13.1. The molecule has 1 aromatic heterocycles. The van der Waals surface area contributed by atoms with Crippen molar-refractivity contribution < 1.29 is 32.2 Å². The average molecular weight is 445 g/mol. The summed E-state index contributed by atoms with van der Waals surface area (Å²) in [5.74, 6) is 5.83. The van der Waals surface area contributed by atoms with E-state index in [-0.39, 0.29) is 18.3 Å². The normalized spacial score (nSPS) is 11.0. The summed E-state index contributed by atoms with van der Waals surface area (Å²) in [4.78, 5) is 11.7. The van der Waals surface area contributed by atoms with Crippen LogP contribution in [0.1, 0.15) is 25.3 Å². The van der Waals surface area contributed by atoms with E-state index in [1.54, 1.807) is 13.0 Å². The standard InChI is InChI=1S/C24H22F3NO4/c1-2-30-23(29)17-28-13-12-19-10-11-20(16-22(19)28)31-14-5-3-4-7-18-8-6-9-21(15-18)32-24(25,26)27/h6,8-13,15-16H,2-3,5,14,17H2,1H3. The topological polar surface area (TPSA) is 49.7 Å². The molecule has 3 rings (SSSR count). The summed E-state index contributed by atoms with van der Waals surface area (Å²) < 4.78 is 53.3. The first-order chi connectivity index (χ1) is 15.3. The number of carbonyl (C=O) groups is 1. The highest BCUT2D eigenvalue weighted by Gasteiger charge is 2.31. The molecule has 0 radical (unpaired) electrons. The quantitative estimate of drug-likeness (QED) is 0.268. The van der Waals surface area contributed by atoms with Crippen LogP contribution in [0.3, 0.4) is 0 Å². The minimum Gasteiger partial charge on any atom is -0.493 e. The number of esters is 1. The molecule has 5 nitrogen and oxygen atoms in total. The highest BCUT2D eigenvalue weighted by atomic mass is 19.4. The molecule has 3 aromatic rings. The van der Waals surface area contributed by atoms with Crippen LogP contribution in [-0.4, -0.2) is 30.1 Å². The monoisotopic (exact) mass is 445 g/mol. The molecule has 0 saturated carbocycles. The van der Waals surface area contributed by atoms with Crippen LogP contribution in [0.4, 0.5) is 13.2 Å². The first kappa shape index (κ1) is 23.1. The fourth-order valence-electron chi connectivity index (χ4n) is 3.02. The van der Waals surface area contributed by atoms with Gasteiger partial charge in [-0.1, -0.05) is 17.9 Å². The molecular formula is C24H22F3NO4. The number of benzene rings is 2. The summed E-state index contributed by atoms with van der Waals surface area (Å²) in [6.07, 6.45) is -1.73. The predicted octanol–water partition coefficient (Wildman–Crippen LogP) is 5.31. The number of carbonyl (C=O) groups excluding carboxylic acids is 1. The molecule has 0 N–H and O–H groups in total. The molecule has 0 aliphatic heterocycles. The molecule has 2 aromatic carbocycles. The van der Waals surface area contributed by atoms with Gasteiger partial charge in [-0.15, -0.1) is 13.2 Å². The third kappa shape index (κ3) is 6.98. The molecule has 0 aliphatic carbocycles. The van der Waals surface area contributed by atoms with E-state index in [1.807, 2.05) is 35.0 Å². The lowest BCUT2D eigenvalue weighted by molar-refractivity contribution is -0.274. The van der Waals surface area contributed by atoms with Crippen LogP contribution in [-0.2, 0) is 16.1 Å². The van der Waals surface area contributed by atoms with Gasteiger partial charge in [-0.05, 0) is 55.1 Å². The van der Waals surface area contributed by atoms with Crippen LogP contribution in [0.15, 0.2) is 54.7 Å². The van der Waals surface area contributed by atoms with E-state index >= 15 is 0 Å². The summed E-state index contributed by atoms with van der Waals surface area (Å²) in [6.45, 7) is 2.66. The van der Waals surface area contributed by atoms with E-state index in [1.165, 1.54) is 18.2 Å². The smallest absolute Gasteiger partial charge is 0.493 e. The molecule has 0 saturated heterocycles. The Morgan fingerprint density at radius 2 is 1.94 bits per heavy atom. The first-order valence-corrected chi connectivity index (χ1v) is 10.1. The first-order valence-electron chi connectivity index (χ1n) is 10.1. The minimum atomic E-state index is -4.73. The summed E-state index contributed by atoms with van der Waals surface area (Å²) in [7, 11) is 0. The Labute approximate surface area is 183 Å². The zero-order valence-electron chi connectivity index (χ0n) is 17.4. The Balaban J connectivity index is 1.50. The number of aromatic nitrogens is 1. The van der Waals surface area contributed by atoms with Crippen LogP contribution < -0.4 is 9.47 Å². The fraction of sp³-hybridized carbons (Fsp3) is 0.292. The maximum Gasteiger partial charge on any atom is 0.573 e. The summed E-state index contributed by atoms with van der Waals surface area (Å²) in [5, 5.41) is 0.990. The molecule has 32 heavy (non-hydrogen) atoms. The van der Waals surface area contributed by atoms with Crippen LogP contribution in [0.25, 0.3) is 10.9 Å². The van der Waals surface area contributed by atoms with Gasteiger partial charge >= 0.3 is 12.3 Å². The van der Waals surface area contributed by atoms with Gasteiger partial charge in [0.1, 0.15) is 18.0 Å². The van der Waals surface area contributed by atoms with Crippen molar-refractivity contribution in [3.63, 3.8) is 0 Å². The van der Waals surface area contributed by atoms with Crippen molar-refractivity contribution in [1.82, 2.24) is 4.57 Å². The van der Waals surface area contributed by atoms with Crippen molar-refractivity contribution in [1.29, 1.82) is 0 Å². The lowest BCUT2D eigenvalue weighted by Gasteiger charge is -2.08. The number of hydrogen-bond acceptors (Lipinski definition) is 4. The van der Waals surface area contributed by atoms with Gasteiger partial charge in [-0.2, -0.15) is 0 Å². The number of nitrogens with zero attached hydrogens (tertiary/aromatic N) is 1. The van der Waals surface area contributed by atoms with Crippen molar-refractivity contribution in [3.8, 4) is 23.3 Å². The summed E-state index contributed by atoms with van der Waals surface area (Å²) in [5.41, 5.74) is 1.32. The third-order valence-electron chi connectivity index (χ3n) is 4.37. The molecule has 0 fully saturated rings. The fourth-order valence-corrected chi connectivity index (χ4v) is 3.02. The third-order valence-corrected chi connectivity index (χ3v) is 4.37. The Morgan fingerprint density at radius 1 is 1.09 bits per heavy atom. The second kappa shape index (κ2) is 10.6. The predicted molar refractivity (Wildman–Crippen MR) is 113 cm³/mol. The largest absolute Gasteiger partial charge is 0.573 e. The zero-order valence-corrected chi connectivity index (χ0v) is 17.4. The zero-order chi connectivity index (χ0) is 23.0. The number of rotatable bonds is 8. The van der Waals surface area contributed by atoms with Gasteiger partial charge in [0.25, 0.3) is 0 Å². The average Bonchev–Trinajstić information content (AvgIpc) is 3.12. The van der Waals surface area contributed by atoms with Crippen molar-refractivity contribution in [2.75, 3.05) is 13.2 Å². The SMILES string of the molecule is CCOC(=O)Cn1ccc2ccc(OCCCC#Cc3cccc(OC(F)(F)F)c3)cc21. The van der Waals surface area contributed by atoms with Crippen molar-refractivity contribution in [2.45, 2.75) is 32.7 Å². The maximum atomic E-state index is 12.3. The van der Waals surface area contributed by atoms with Gasteiger partial charge in [0.15, 0.2) is 0 Å². The van der Waals surface area contributed by atoms with Crippen molar-refractivity contribution in [2.24, 2.45) is 0 Å². The molecule has 0 atom stereocenters. The van der Waals surface area contributed by atoms with Gasteiger partial charge in [0.05, 0.1) is 18.7 Å². The molecule has 8 heteroatoms. The van der Waals surface area contributed by atoms with E-state index in [0.29, 0.717) is 37.4 Å². The number of fused-ring (bicyclic) bond motifs is 1. The second-order valence-corrected chi connectivity index (χ2v) is 6.80. The molecule has 0 amide bonds. The molecular weight excluding hydrogens is 423 g/mol. The van der Waals surface area contributed by atoms with Crippen molar-refractivity contribution >= 4 is 16.9 Å². The number of hydrogen-bond donors (Lipinski definition) is 0. The van der Waals surface area contributed by atoms with Crippen molar-refractivity contribution in [3.05, 3.63) is 60.3 Å². The number of ether oxygens (including phenoxy) is 3. The molecule has 0 spiro atoms. The van der Waals surface area contributed by atoms with Gasteiger partial charge < -0.3 is 18.8 Å². The number of alkyl halides is 3. The van der Waals surface area contributed by atoms with E-state index in [2.05, 4.69) is 16.6 Å². The van der Waals surface area contributed by atoms with Gasteiger partial charge in [0, 0.05) is 24.2 Å². The van der Waals surface area contributed by atoms with Gasteiger partial charge in [-0.3, -0.25) is 4.79 Å². The molecule has 0 bridgehead atoms. The minimum absolute atomic E-state index is 0.131. The summed E-state index contributed by atoms with van der Waals surface area (Å²) >= 11 is 0. The molecule has 1 heterocycles. The Bertz CT molecular complexity index is 1130. The molecule has 0 aliphatic rings. The van der Waals surface area contributed by atoms with Crippen LogP contribution in [0.5, 0.6) is 11.5 Å². The molecule has 168 valence electrons. The van der Waals surface area contributed by atoms with Crippen LogP contribution in [0, 0.1) is 11.8 Å². The van der Waals surface area contributed by atoms with Crippen LogP contribution >= 0.6 is 0 Å².